The summed E-state index contributed by atoms with van der Waals surface area (Å²) in [6, 6.07) is 7.40. The van der Waals surface area contributed by atoms with E-state index in [-0.39, 0.29) is 5.91 Å². The van der Waals surface area contributed by atoms with Gasteiger partial charge in [0.25, 0.3) is 5.91 Å². The highest BCUT2D eigenvalue weighted by Crippen LogP contribution is 2.33. The topological polar surface area (TPSA) is 55.8 Å². The molecule has 5 heteroatoms. The van der Waals surface area contributed by atoms with E-state index in [1.807, 2.05) is 31.2 Å². The molecular weight excluding hydrogens is 354 g/mol. The minimum absolute atomic E-state index is 0.155. The lowest BCUT2D eigenvalue weighted by Gasteiger charge is -2.20. The van der Waals surface area contributed by atoms with Crippen molar-refractivity contribution in [1.82, 2.24) is 4.90 Å². The fourth-order valence-electron chi connectivity index (χ4n) is 3.78. The third-order valence-corrected chi connectivity index (χ3v) is 5.35. The van der Waals surface area contributed by atoms with Crippen molar-refractivity contribution in [1.29, 1.82) is 0 Å². The third kappa shape index (κ3) is 4.19. The van der Waals surface area contributed by atoms with Gasteiger partial charge in [-0.25, -0.2) is 4.79 Å². The molecule has 0 fully saturated rings. The highest BCUT2D eigenvalue weighted by molar-refractivity contribution is 6.16. The fourth-order valence-corrected chi connectivity index (χ4v) is 3.78. The Morgan fingerprint density at radius 1 is 1.25 bits per heavy atom. The van der Waals surface area contributed by atoms with Crippen LogP contribution < -0.4 is 4.74 Å². The minimum atomic E-state index is -0.487. The van der Waals surface area contributed by atoms with Gasteiger partial charge >= 0.3 is 5.97 Å². The zero-order chi connectivity index (χ0) is 20.1. The van der Waals surface area contributed by atoms with Crippen molar-refractivity contribution in [2.75, 3.05) is 20.8 Å². The van der Waals surface area contributed by atoms with Gasteiger partial charge in [-0.05, 0) is 62.8 Å². The van der Waals surface area contributed by atoms with Crippen molar-refractivity contribution >= 4 is 18.0 Å². The molecule has 0 atom stereocenters. The van der Waals surface area contributed by atoms with Crippen LogP contribution in [0.5, 0.6) is 5.75 Å². The van der Waals surface area contributed by atoms with Gasteiger partial charge in [-0.15, -0.1) is 0 Å². The summed E-state index contributed by atoms with van der Waals surface area (Å²) in [5.41, 5.74) is 3.57. The van der Waals surface area contributed by atoms with Gasteiger partial charge in [-0.3, -0.25) is 4.79 Å². The third-order valence-electron chi connectivity index (χ3n) is 5.35. The number of amides is 1. The van der Waals surface area contributed by atoms with Crippen LogP contribution in [0.4, 0.5) is 0 Å². The predicted molar refractivity (Wildman–Crippen MR) is 109 cm³/mol. The number of allylic oxidation sites excluding steroid dienone is 2. The molecule has 0 aromatic heterocycles. The molecular formula is C23H27NO4. The minimum Gasteiger partial charge on any atom is -0.497 e. The molecule has 0 saturated carbocycles. The maximum Gasteiger partial charge on any atom is 0.340 e. The highest BCUT2D eigenvalue weighted by Gasteiger charge is 2.36. The quantitative estimate of drug-likeness (QED) is 0.420. The molecule has 1 heterocycles. The van der Waals surface area contributed by atoms with E-state index in [1.54, 1.807) is 18.1 Å². The van der Waals surface area contributed by atoms with Crippen LogP contribution >= 0.6 is 0 Å². The zero-order valence-corrected chi connectivity index (χ0v) is 16.8. The Bertz CT molecular complexity index is 863. The first-order valence-electron chi connectivity index (χ1n) is 9.70. The number of carbonyl (C=O) groups is 2. The molecule has 0 radical (unpaired) electrons. The average molecular weight is 381 g/mol. The van der Waals surface area contributed by atoms with Crippen molar-refractivity contribution in [2.45, 2.75) is 39.0 Å². The Morgan fingerprint density at radius 2 is 2.07 bits per heavy atom. The van der Waals surface area contributed by atoms with E-state index in [2.05, 4.69) is 6.08 Å². The lowest BCUT2D eigenvalue weighted by molar-refractivity contribution is -0.136. The summed E-state index contributed by atoms with van der Waals surface area (Å²) in [5.74, 6) is 0.0534. The van der Waals surface area contributed by atoms with Crippen LogP contribution in [0.2, 0.25) is 0 Å². The van der Waals surface area contributed by atoms with Gasteiger partial charge in [-0.1, -0.05) is 23.8 Å². The van der Waals surface area contributed by atoms with Crippen LogP contribution in [-0.4, -0.2) is 37.5 Å². The van der Waals surface area contributed by atoms with Gasteiger partial charge in [0, 0.05) is 12.2 Å². The summed E-state index contributed by atoms with van der Waals surface area (Å²) < 4.78 is 10.2. The van der Waals surface area contributed by atoms with Gasteiger partial charge in [0.2, 0.25) is 0 Å². The Labute approximate surface area is 166 Å². The summed E-state index contributed by atoms with van der Waals surface area (Å²) in [5, 5.41) is 0. The van der Waals surface area contributed by atoms with Gasteiger partial charge in [0.1, 0.15) is 5.75 Å². The maximum absolute atomic E-state index is 13.1. The Kier molecular flexibility index (Phi) is 6.34. The van der Waals surface area contributed by atoms with Crippen molar-refractivity contribution < 1.29 is 19.1 Å². The molecule has 148 valence electrons. The number of nitrogens with zero attached hydrogens (tertiary/aromatic N) is 1. The predicted octanol–water partition coefficient (Wildman–Crippen LogP) is 4.26. The number of benzene rings is 1. The molecule has 2 aliphatic rings. The van der Waals surface area contributed by atoms with Gasteiger partial charge in [-0.2, -0.15) is 0 Å². The van der Waals surface area contributed by atoms with Crippen molar-refractivity contribution in [2.24, 2.45) is 0 Å². The molecule has 28 heavy (non-hydrogen) atoms. The number of carbonyl (C=O) groups excluding carboxylic acids is 2. The van der Waals surface area contributed by atoms with Crippen LogP contribution in [-0.2, 0) is 14.3 Å². The molecule has 3 rings (SSSR count). The van der Waals surface area contributed by atoms with E-state index in [0.717, 1.165) is 24.8 Å². The first-order valence-corrected chi connectivity index (χ1v) is 9.70. The van der Waals surface area contributed by atoms with Crippen molar-refractivity contribution in [3.8, 4) is 5.75 Å². The number of esters is 1. The number of hydrogen-bond donors (Lipinski definition) is 0. The summed E-state index contributed by atoms with van der Waals surface area (Å²) in [7, 11) is 2.93. The lowest BCUT2D eigenvalue weighted by atomic mass is 9.97. The molecule has 1 aliphatic heterocycles. The lowest BCUT2D eigenvalue weighted by Crippen LogP contribution is -2.26. The van der Waals surface area contributed by atoms with Gasteiger partial charge < -0.3 is 14.4 Å². The standard InChI is InChI=1S/C23H27NO4/c1-16-21(23(26)28-3)20(15-18-10-7-11-19(14-18)27-2)22(25)24(16)13-12-17-8-5-4-6-9-17/h7-8,10-11,14-15H,4-6,9,12-13H2,1-3H3/b20-15-. The molecule has 0 N–H and O–H groups in total. The van der Waals surface area contributed by atoms with Crippen LogP contribution in [0.15, 0.2) is 52.8 Å². The monoisotopic (exact) mass is 381 g/mol. The van der Waals surface area contributed by atoms with E-state index in [0.29, 0.717) is 29.1 Å². The molecule has 5 nitrogen and oxygen atoms in total. The number of ether oxygens (including phenoxy) is 2. The summed E-state index contributed by atoms with van der Waals surface area (Å²) >= 11 is 0. The molecule has 1 aromatic carbocycles. The number of rotatable bonds is 6. The second kappa shape index (κ2) is 8.91. The Hall–Kier alpha value is -2.82. The van der Waals surface area contributed by atoms with Crippen LogP contribution in [0.1, 0.15) is 44.6 Å². The van der Waals surface area contributed by atoms with Crippen LogP contribution in [0, 0.1) is 0 Å². The van der Waals surface area contributed by atoms with Gasteiger partial charge in [0.05, 0.1) is 25.4 Å². The second-order valence-corrected chi connectivity index (χ2v) is 7.10. The van der Waals surface area contributed by atoms with E-state index in [4.69, 9.17) is 9.47 Å². The van der Waals surface area contributed by atoms with E-state index < -0.39 is 5.97 Å². The molecule has 0 spiro atoms. The van der Waals surface area contributed by atoms with E-state index in [1.165, 1.54) is 25.5 Å². The summed E-state index contributed by atoms with van der Waals surface area (Å²) in [6.45, 7) is 2.39. The van der Waals surface area contributed by atoms with Crippen molar-refractivity contribution in [3.05, 3.63) is 58.3 Å². The summed E-state index contributed by atoms with van der Waals surface area (Å²) in [4.78, 5) is 27.2. The average Bonchev–Trinajstić information content (AvgIpc) is 2.96. The van der Waals surface area contributed by atoms with Crippen LogP contribution in [0.3, 0.4) is 0 Å². The largest absolute Gasteiger partial charge is 0.497 e. The SMILES string of the molecule is COC(=O)C1=C(C)N(CCC2=CCCCC2)C(=O)/C1=C\c1cccc(OC)c1. The second-order valence-electron chi connectivity index (χ2n) is 7.10. The Balaban J connectivity index is 1.90. The maximum atomic E-state index is 13.1. The molecule has 0 bridgehead atoms. The smallest absolute Gasteiger partial charge is 0.340 e. The first kappa shape index (κ1) is 19.9. The number of hydrogen-bond acceptors (Lipinski definition) is 4. The van der Waals surface area contributed by atoms with Crippen molar-refractivity contribution in [3.63, 3.8) is 0 Å². The number of methoxy groups -OCH3 is 2. The molecule has 1 aliphatic carbocycles. The fraction of sp³-hybridized carbons (Fsp3) is 0.391. The molecule has 1 amide bonds. The molecule has 0 saturated heterocycles. The normalized spacial score (nSPS) is 18.5. The summed E-state index contributed by atoms with van der Waals surface area (Å²) in [6.07, 6.45) is 9.53. The first-order chi connectivity index (χ1) is 13.5. The van der Waals surface area contributed by atoms with Crippen LogP contribution in [0.25, 0.3) is 6.08 Å². The van der Waals surface area contributed by atoms with E-state index >= 15 is 0 Å². The molecule has 1 aromatic rings. The highest BCUT2D eigenvalue weighted by atomic mass is 16.5. The zero-order valence-electron chi connectivity index (χ0n) is 16.8. The van der Waals surface area contributed by atoms with E-state index in [9.17, 15) is 9.59 Å². The molecule has 0 unspecified atom stereocenters. The van der Waals surface area contributed by atoms with Gasteiger partial charge in [0.15, 0.2) is 0 Å². The Morgan fingerprint density at radius 3 is 2.75 bits per heavy atom.